The first-order valence-corrected chi connectivity index (χ1v) is 0. The van der Waals surface area contributed by atoms with E-state index in [4.69, 9.17) is 0 Å². The van der Waals surface area contributed by atoms with Crippen LogP contribution in [0.3, 0.4) is 0 Å². The van der Waals surface area contributed by atoms with Gasteiger partial charge >= 0.3 is 196 Å². The summed E-state index contributed by atoms with van der Waals surface area (Å²) in [5, 5.41) is 0. The molecule has 0 aromatic rings. The SMILES string of the molecule is [Ba+2].[Ba+2].[Ba+2].[Ba+2].[S-2].[S-2].[S-2].[S-2]. The summed E-state index contributed by atoms with van der Waals surface area (Å²) in [6, 6.07) is 0. The maximum absolute atomic E-state index is 0. The smallest absolute Gasteiger partial charge is 2.00 e. The Kier molecular flexibility index (Phi) is 333. The second-order valence-corrected chi connectivity index (χ2v) is 0. The molecule has 8 heteroatoms. The van der Waals surface area contributed by atoms with Crippen LogP contribution in [0.4, 0.5) is 0 Å². The third-order valence-corrected chi connectivity index (χ3v) is 0. The topological polar surface area (TPSA) is 0 Å². The van der Waals surface area contributed by atoms with Crippen LogP contribution in [0, 0.1) is 0 Å². The minimum atomic E-state index is 0. The molecule has 0 N–H and O–H groups in total. The average molecular weight is 678 g/mol. The van der Waals surface area contributed by atoms with Gasteiger partial charge in [-0.05, 0) is 0 Å². The molecule has 0 unspecified atom stereocenters. The van der Waals surface area contributed by atoms with E-state index in [1.807, 2.05) is 0 Å². The molecule has 0 aliphatic carbocycles. The van der Waals surface area contributed by atoms with Gasteiger partial charge in [-0.1, -0.05) is 0 Å². The first-order chi connectivity index (χ1) is 0. The third-order valence-electron chi connectivity index (χ3n) is 0. The van der Waals surface area contributed by atoms with Crippen LogP contribution in [0.5, 0.6) is 0 Å². The predicted octanol–water partition coefficient (Wildman–Crippen LogP) is -1.53. The van der Waals surface area contributed by atoms with E-state index >= 15 is 0 Å². The van der Waals surface area contributed by atoms with Crippen molar-refractivity contribution in [2.24, 2.45) is 0 Å². The molecule has 0 atom stereocenters. The Balaban J connectivity index is 0. The molecule has 0 aliphatic heterocycles. The molecule has 0 bridgehead atoms. The Morgan fingerprint density at radius 1 is 0.250 bits per heavy atom. The van der Waals surface area contributed by atoms with Crippen molar-refractivity contribution in [2.45, 2.75) is 0 Å². The number of hydrogen-bond donors (Lipinski definition) is 0. The van der Waals surface area contributed by atoms with Crippen molar-refractivity contribution in [1.29, 1.82) is 0 Å². The van der Waals surface area contributed by atoms with Crippen molar-refractivity contribution in [3.63, 3.8) is 0 Å². The van der Waals surface area contributed by atoms with Crippen molar-refractivity contribution in [1.82, 2.24) is 0 Å². The molecule has 0 spiro atoms. The van der Waals surface area contributed by atoms with Gasteiger partial charge in [0.25, 0.3) is 0 Å². The van der Waals surface area contributed by atoms with Crippen molar-refractivity contribution in [2.75, 3.05) is 0 Å². The fourth-order valence-electron chi connectivity index (χ4n) is 0. The van der Waals surface area contributed by atoms with E-state index in [0.717, 1.165) is 0 Å². The van der Waals surface area contributed by atoms with E-state index in [2.05, 4.69) is 0 Å². The van der Waals surface area contributed by atoms with Gasteiger partial charge < -0.3 is 54.0 Å². The van der Waals surface area contributed by atoms with Gasteiger partial charge in [0.2, 0.25) is 0 Å². The van der Waals surface area contributed by atoms with Gasteiger partial charge in [0.15, 0.2) is 0 Å². The molecule has 0 aromatic carbocycles. The predicted molar refractivity (Wildman–Crippen MR) is 52.5 cm³/mol. The molecule has 0 saturated carbocycles. The Morgan fingerprint density at radius 3 is 0.250 bits per heavy atom. The van der Waals surface area contributed by atoms with E-state index in [0.29, 0.717) is 0 Å². The number of rotatable bonds is 0. The van der Waals surface area contributed by atoms with Crippen LogP contribution in [-0.2, 0) is 54.0 Å². The van der Waals surface area contributed by atoms with Crippen LogP contribution in [0.25, 0.3) is 0 Å². The summed E-state index contributed by atoms with van der Waals surface area (Å²) in [6.07, 6.45) is 0. The summed E-state index contributed by atoms with van der Waals surface area (Å²) >= 11 is 0. The van der Waals surface area contributed by atoms with Gasteiger partial charge in [0.05, 0.1) is 0 Å². The molecular weight excluding hydrogens is 678 g/mol. The molecule has 0 heterocycles. The van der Waals surface area contributed by atoms with Gasteiger partial charge in [0.1, 0.15) is 0 Å². The van der Waals surface area contributed by atoms with E-state index in [9.17, 15) is 0 Å². The molecule has 0 aliphatic rings. The molecule has 0 nitrogen and oxygen atoms in total. The second kappa shape index (κ2) is 46.6. The van der Waals surface area contributed by atoms with Crippen molar-refractivity contribution in [3.05, 3.63) is 0 Å². The molecule has 0 aromatic heterocycles. The summed E-state index contributed by atoms with van der Waals surface area (Å²) < 4.78 is 0. The third kappa shape index (κ3) is 37.3. The van der Waals surface area contributed by atoms with Crippen LogP contribution in [0.1, 0.15) is 0 Å². The van der Waals surface area contributed by atoms with E-state index in [1.54, 1.807) is 0 Å². The molecule has 0 rings (SSSR count). The normalized spacial score (nSPS) is 0. The van der Waals surface area contributed by atoms with Gasteiger partial charge in [-0.15, -0.1) is 0 Å². The number of hydrogen-bond acceptors (Lipinski definition) is 0. The van der Waals surface area contributed by atoms with Crippen LogP contribution in [0.2, 0.25) is 0 Å². The van der Waals surface area contributed by atoms with Crippen LogP contribution < -0.4 is 0 Å². The van der Waals surface area contributed by atoms with Crippen LogP contribution in [-0.4, -0.2) is 196 Å². The zero-order chi connectivity index (χ0) is 0. The monoisotopic (exact) mass is 680 g/mol. The first kappa shape index (κ1) is 57.3. The Bertz CT molecular complexity index is 8.00. The Hall–Kier alpha value is 7.69. The van der Waals surface area contributed by atoms with Gasteiger partial charge in [0, 0.05) is 0 Å². The van der Waals surface area contributed by atoms with Gasteiger partial charge in [-0.3, -0.25) is 0 Å². The molecule has 8 heavy (non-hydrogen) atoms. The quantitative estimate of drug-likeness (QED) is 0.274. The summed E-state index contributed by atoms with van der Waals surface area (Å²) in [5.41, 5.74) is 0. The maximum atomic E-state index is 0. The van der Waals surface area contributed by atoms with E-state index < -0.39 is 0 Å². The summed E-state index contributed by atoms with van der Waals surface area (Å²) in [4.78, 5) is 0. The first-order valence-electron chi connectivity index (χ1n) is 0. The van der Waals surface area contributed by atoms with Crippen molar-refractivity contribution in [3.8, 4) is 0 Å². The standard InChI is InChI=1S/4Ba.4S/q4*+2;4*-2. The fourth-order valence-corrected chi connectivity index (χ4v) is 0. The van der Waals surface area contributed by atoms with Crippen molar-refractivity contribution >= 4 is 250 Å². The molecule has 0 fully saturated rings. The Morgan fingerprint density at radius 2 is 0.250 bits per heavy atom. The van der Waals surface area contributed by atoms with Crippen LogP contribution in [0.15, 0.2) is 0 Å². The van der Waals surface area contributed by atoms with Crippen LogP contribution >= 0.6 is 0 Å². The summed E-state index contributed by atoms with van der Waals surface area (Å²) in [5.74, 6) is 0. The van der Waals surface area contributed by atoms with Crippen molar-refractivity contribution < 1.29 is 0 Å². The fraction of sp³-hybridized carbons (Fsp3) is 0. The van der Waals surface area contributed by atoms with Gasteiger partial charge in [-0.2, -0.15) is 0 Å². The Labute approximate surface area is 240 Å². The molecule has 32 valence electrons. The molecule has 0 amide bonds. The maximum Gasteiger partial charge on any atom is 2.00 e. The van der Waals surface area contributed by atoms with Gasteiger partial charge in [-0.25, -0.2) is 0 Å². The minimum absolute atomic E-state index is 0. The minimum Gasteiger partial charge on any atom is -2.00 e. The molecular formula is Ba4S4. The second-order valence-electron chi connectivity index (χ2n) is 0. The largest absolute Gasteiger partial charge is 2.00 e. The van der Waals surface area contributed by atoms with E-state index in [1.165, 1.54) is 0 Å². The molecule has 0 radical (unpaired) electrons. The zero-order valence-electron chi connectivity index (χ0n) is 4.46. The summed E-state index contributed by atoms with van der Waals surface area (Å²) in [6.45, 7) is 0. The van der Waals surface area contributed by atoms with E-state index in [-0.39, 0.29) is 250 Å². The molecule has 0 saturated heterocycles. The zero-order valence-corrected chi connectivity index (χ0v) is 25.5. The average Bonchev–Trinajstić information content (AvgIpc) is 0. The summed E-state index contributed by atoms with van der Waals surface area (Å²) in [7, 11) is 0.